The molecule has 20 heavy (non-hydrogen) atoms. The monoisotopic (exact) mass is 272 g/mol. The van der Waals surface area contributed by atoms with E-state index in [4.69, 9.17) is 5.73 Å². The topological polar surface area (TPSA) is 98.7 Å². The maximum Gasteiger partial charge on any atom is 0.226 e. The fourth-order valence-electron chi connectivity index (χ4n) is 2.34. The summed E-state index contributed by atoms with van der Waals surface area (Å²) in [5.41, 5.74) is 7.27. The van der Waals surface area contributed by atoms with E-state index in [1.807, 2.05) is 24.3 Å². The predicted molar refractivity (Wildman–Crippen MR) is 73.2 cm³/mol. The van der Waals surface area contributed by atoms with Crippen LogP contribution in [-0.4, -0.2) is 31.7 Å². The quantitative estimate of drug-likeness (QED) is 0.860. The maximum absolute atomic E-state index is 12.0. The van der Waals surface area contributed by atoms with E-state index >= 15 is 0 Å². The Morgan fingerprint density at radius 2 is 2.30 bits per heavy atom. The zero-order valence-electron chi connectivity index (χ0n) is 11.0. The second kappa shape index (κ2) is 5.01. The Hall–Kier alpha value is -2.28. The predicted octanol–water partition coefficient (Wildman–Crippen LogP) is 0.872. The summed E-state index contributed by atoms with van der Waals surface area (Å²) in [6.07, 6.45) is 4.82. The fourth-order valence-corrected chi connectivity index (χ4v) is 2.34. The Morgan fingerprint density at radius 3 is 2.95 bits per heavy atom. The molecule has 2 aromatic rings. The first-order chi connectivity index (χ1) is 9.65. The summed E-state index contributed by atoms with van der Waals surface area (Å²) in [7, 11) is 0. The van der Waals surface area contributed by atoms with E-state index in [0.717, 1.165) is 24.9 Å². The SMILES string of the molecule is NC1(CC(=O)Nc2cccc(-n3cnnn3)c2)CCC1. The van der Waals surface area contributed by atoms with Crippen molar-refractivity contribution < 1.29 is 4.79 Å². The van der Waals surface area contributed by atoms with Crippen LogP contribution in [0.15, 0.2) is 30.6 Å². The molecule has 7 nitrogen and oxygen atoms in total. The number of anilines is 1. The molecule has 0 radical (unpaired) electrons. The van der Waals surface area contributed by atoms with Gasteiger partial charge in [0.1, 0.15) is 6.33 Å². The number of carbonyl (C=O) groups excluding carboxylic acids is 1. The molecular formula is C13H16N6O. The van der Waals surface area contributed by atoms with Crippen LogP contribution in [-0.2, 0) is 4.79 Å². The van der Waals surface area contributed by atoms with Gasteiger partial charge in [-0.2, -0.15) is 0 Å². The van der Waals surface area contributed by atoms with Crippen molar-refractivity contribution in [3.8, 4) is 5.69 Å². The van der Waals surface area contributed by atoms with E-state index in [0.29, 0.717) is 12.1 Å². The van der Waals surface area contributed by atoms with E-state index in [9.17, 15) is 4.79 Å². The Labute approximate surface area is 116 Å². The molecule has 0 saturated heterocycles. The van der Waals surface area contributed by atoms with Crippen molar-refractivity contribution in [3.63, 3.8) is 0 Å². The fraction of sp³-hybridized carbons (Fsp3) is 0.385. The number of carbonyl (C=O) groups is 1. The third-order valence-electron chi connectivity index (χ3n) is 3.61. The van der Waals surface area contributed by atoms with Gasteiger partial charge in [-0.3, -0.25) is 4.79 Å². The van der Waals surface area contributed by atoms with Gasteiger partial charge >= 0.3 is 0 Å². The van der Waals surface area contributed by atoms with E-state index in [-0.39, 0.29) is 11.4 Å². The average molecular weight is 272 g/mol. The molecule has 1 aromatic carbocycles. The molecule has 0 spiro atoms. The molecule has 1 heterocycles. The molecule has 7 heteroatoms. The Morgan fingerprint density at radius 1 is 1.45 bits per heavy atom. The Balaban J connectivity index is 1.68. The van der Waals surface area contributed by atoms with Gasteiger partial charge in [0.15, 0.2) is 0 Å². The van der Waals surface area contributed by atoms with Crippen molar-refractivity contribution in [2.45, 2.75) is 31.2 Å². The third-order valence-corrected chi connectivity index (χ3v) is 3.61. The van der Waals surface area contributed by atoms with Crippen LogP contribution in [0.1, 0.15) is 25.7 Å². The second-order valence-electron chi connectivity index (χ2n) is 5.25. The summed E-state index contributed by atoms with van der Waals surface area (Å²) in [6, 6.07) is 7.35. The first kappa shape index (κ1) is 12.7. The number of hydrogen-bond donors (Lipinski definition) is 2. The molecule has 0 bridgehead atoms. The van der Waals surface area contributed by atoms with Crippen molar-refractivity contribution >= 4 is 11.6 Å². The van der Waals surface area contributed by atoms with E-state index in [1.165, 1.54) is 11.0 Å². The third kappa shape index (κ3) is 2.67. The summed E-state index contributed by atoms with van der Waals surface area (Å²) < 4.78 is 1.53. The summed E-state index contributed by atoms with van der Waals surface area (Å²) >= 11 is 0. The molecule has 3 rings (SSSR count). The minimum Gasteiger partial charge on any atom is -0.326 e. The second-order valence-corrected chi connectivity index (χ2v) is 5.25. The minimum atomic E-state index is -0.308. The van der Waals surface area contributed by atoms with Gasteiger partial charge in [-0.05, 0) is 47.9 Å². The van der Waals surface area contributed by atoms with Crippen molar-refractivity contribution in [2.24, 2.45) is 5.73 Å². The number of nitrogens with one attached hydrogen (secondary N) is 1. The number of benzene rings is 1. The Kier molecular flexibility index (Phi) is 3.19. The van der Waals surface area contributed by atoms with Gasteiger partial charge in [0.05, 0.1) is 5.69 Å². The van der Waals surface area contributed by atoms with Crippen molar-refractivity contribution in [2.75, 3.05) is 5.32 Å². The largest absolute Gasteiger partial charge is 0.326 e. The van der Waals surface area contributed by atoms with Gasteiger partial charge in [-0.25, -0.2) is 4.68 Å². The van der Waals surface area contributed by atoms with E-state index < -0.39 is 0 Å². The molecule has 1 aromatic heterocycles. The van der Waals surface area contributed by atoms with Crippen LogP contribution in [0.2, 0.25) is 0 Å². The summed E-state index contributed by atoms with van der Waals surface area (Å²) in [6.45, 7) is 0. The number of nitrogens with zero attached hydrogens (tertiary/aromatic N) is 4. The number of hydrogen-bond acceptors (Lipinski definition) is 5. The van der Waals surface area contributed by atoms with Crippen LogP contribution >= 0.6 is 0 Å². The lowest BCUT2D eigenvalue weighted by atomic mass is 9.75. The molecule has 1 amide bonds. The summed E-state index contributed by atoms with van der Waals surface area (Å²) in [5, 5.41) is 13.8. The molecule has 0 aliphatic heterocycles. The van der Waals surface area contributed by atoms with Crippen LogP contribution in [0.5, 0.6) is 0 Å². The molecule has 0 atom stereocenters. The van der Waals surface area contributed by atoms with E-state index in [2.05, 4.69) is 20.8 Å². The summed E-state index contributed by atoms with van der Waals surface area (Å²) in [4.78, 5) is 12.0. The van der Waals surface area contributed by atoms with Crippen LogP contribution < -0.4 is 11.1 Å². The van der Waals surface area contributed by atoms with Crippen LogP contribution in [0.25, 0.3) is 5.69 Å². The van der Waals surface area contributed by atoms with Crippen molar-refractivity contribution in [1.82, 2.24) is 20.2 Å². The lowest BCUT2D eigenvalue weighted by Crippen LogP contribution is -2.48. The highest BCUT2D eigenvalue weighted by Crippen LogP contribution is 2.32. The molecule has 0 unspecified atom stereocenters. The standard InChI is InChI=1S/C13H16N6O/c14-13(5-2-6-13)8-12(20)16-10-3-1-4-11(7-10)19-9-15-17-18-19/h1,3-4,7,9H,2,5-6,8,14H2,(H,16,20). The smallest absolute Gasteiger partial charge is 0.226 e. The number of amides is 1. The lowest BCUT2D eigenvalue weighted by Gasteiger charge is -2.37. The number of tetrazole rings is 1. The molecular weight excluding hydrogens is 256 g/mol. The highest BCUT2D eigenvalue weighted by atomic mass is 16.1. The molecule has 1 aliphatic rings. The number of nitrogens with two attached hydrogens (primary N) is 1. The van der Waals surface area contributed by atoms with Gasteiger partial charge < -0.3 is 11.1 Å². The molecule has 104 valence electrons. The molecule has 3 N–H and O–H groups in total. The summed E-state index contributed by atoms with van der Waals surface area (Å²) in [5.74, 6) is -0.0546. The average Bonchev–Trinajstić information content (AvgIpc) is 2.91. The minimum absolute atomic E-state index is 0.0546. The van der Waals surface area contributed by atoms with Gasteiger partial charge in [0.25, 0.3) is 0 Å². The number of rotatable bonds is 4. The number of aromatic nitrogens is 4. The molecule has 1 aliphatic carbocycles. The van der Waals surface area contributed by atoms with Crippen molar-refractivity contribution in [3.05, 3.63) is 30.6 Å². The van der Waals surface area contributed by atoms with Crippen LogP contribution in [0.4, 0.5) is 5.69 Å². The molecule has 1 fully saturated rings. The van der Waals surface area contributed by atoms with Crippen LogP contribution in [0, 0.1) is 0 Å². The first-order valence-corrected chi connectivity index (χ1v) is 6.57. The zero-order chi connectivity index (χ0) is 14.0. The zero-order valence-corrected chi connectivity index (χ0v) is 11.0. The van der Waals surface area contributed by atoms with Gasteiger partial charge in [0.2, 0.25) is 5.91 Å². The molecule has 1 saturated carbocycles. The lowest BCUT2D eigenvalue weighted by molar-refractivity contribution is -0.118. The normalized spacial score (nSPS) is 16.4. The van der Waals surface area contributed by atoms with Gasteiger partial charge in [-0.1, -0.05) is 6.07 Å². The first-order valence-electron chi connectivity index (χ1n) is 6.57. The highest BCUT2D eigenvalue weighted by Gasteiger charge is 2.34. The maximum atomic E-state index is 12.0. The Bertz CT molecular complexity index is 605. The van der Waals surface area contributed by atoms with Crippen LogP contribution in [0.3, 0.4) is 0 Å². The van der Waals surface area contributed by atoms with Gasteiger partial charge in [0, 0.05) is 17.6 Å². The highest BCUT2D eigenvalue weighted by molar-refractivity contribution is 5.91. The van der Waals surface area contributed by atoms with E-state index in [1.54, 1.807) is 0 Å². The van der Waals surface area contributed by atoms with Gasteiger partial charge in [-0.15, -0.1) is 5.10 Å². The van der Waals surface area contributed by atoms with Crippen molar-refractivity contribution in [1.29, 1.82) is 0 Å².